The van der Waals surface area contributed by atoms with Crippen LogP contribution >= 0.6 is 0 Å². The molecule has 76 valence electrons. The Kier molecular flexibility index (Phi) is 3.56. The number of carbonyl (C=O) groups is 1. The summed E-state index contributed by atoms with van der Waals surface area (Å²) in [6.45, 7) is 3.78. The molecule has 0 aromatic carbocycles. The first kappa shape index (κ1) is 10.6. The molecule has 14 heavy (non-hydrogen) atoms. The Morgan fingerprint density at radius 2 is 2.00 bits per heavy atom. The lowest BCUT2D eigenvalue weighted by Crippen LogP contribution is -2.23. The van der Waals surface area contributed by atoms with Crippen molar-refractivity contribution in [2.24, 2.45) is 11.8 Å². The zero-order valence-corrected chi connectivity index (χ0v) is 8.34. The van der Waals surface area contributed by atoms with E-state index in [1.807, 2.05) is 13.8 Å². The smallest absolute Gasteiger partial charge is 0.307 e. The topological polar surface area (TPSA) is 63.1 Å². The van der Waals surface area contributed by atoms with Crippen LogP contribution in [-0.2, 0) is 11.2 Å². The van der Waals surface area contributed by atoms with Crippen molar-refractivity contribution >= 4 is 5.97 Å². The monoisotopic (exact) mass is 194 g/mol. The minimum Gasteiger partial charge on any atom is -0.481 e. The van der Waals surface area contributed by atoms with Crippen LogP contribution in [0.1, 0.15) is 19.7 Å². The van der Waals surface area contributed by atoms with Crippen molar-refractivity contribution in [1.82, 2.24) is 9.97 Å². The molecule has 4 nitrogen and oxygen atoms in total. The molecule has 0 saturated heterocycles. The molecule has 1 N–H and O–H groups in total. The lowest BCUT2D eigenvalue weighted by Gasteiger charge is -2.14. The van der Waals surface area contributed by atoms with Gasteiger partial charge in [-0.1, -0.05) is 13.8 Å². The summed E-state index contributed by atoms with van der Waals surface area (Å²) in [7, 11) is 0. The van der Waals surface area contributed by atoms with Gasteiger partial charge in [0.15, 0.2) is 0 Å². The molecule has 0 aliphatic rings. The van der Waals surface area contributed by atoms with Crippen LogP contribution in [0.25, 0.3) is 0 Å². The summed E-state index contributed by atoms with van der Waals surface area (Å²) >= 11 is 0. The molecule has 1 aromatic rings. The van der Waals surface area contributed by atoms with Gasteiger partial charge in [-0.15, -0.1) is 0 Å². The van der Waals surface area contributed by atoms with E-state index in [9.17, 15) is 4.79 Å². The van der Waals surface area contributed by atoms with Crippen molar-refractivity contribution in [3.8, 4) is 0 Å². The van der Waals surface area contributed by atoms with E-state index in [0.717, 1.165) is 0 Å². The first-order valence-electron chi connectivity index (χ1n) is 4.60. The fourth-order valence-electron chi connectivity index (χ4n) is 1.24. The van der Waals surface area contributed by atoms with Crippen LogP contribution in [-0.4, -0.2) is 21.0 Å². The molecular formula is C10H14N2O2. The highest BCUT2D eigenvalue weighted by Gasteiger charge is 2.22. The van der Waals surface area contributed by atoms with Gasteiger partial charge in [-0.05, 0) is 12.0 Å². The molecule has 0 saturated carbocycles. The average molecular weight is 194 g/mol. The van der Waals surface area contributed by atoms with Crippen molar-refractivity contribution in [3.05, 3.63) is 24.3 Å². The Morgan fingerprint density at radius 3 is 2.43 bits per heavy atom. The van der Waals surface area contributed by atoms with Crippen molar-refractivity contribution in [3.63, 3.8) is 0 Å². The summed E-state index contributed by atoms with van der Waals surface area (Å²) in [4.78, 5) is 18.9. The van der Waals surface area contributed by atoms with E-state index < -0.39 is 11.9 Å². The van der Waals surface area contributed by atoms with Gasteiger partial charge in [0.25, 0.3) is 0 Å². The Balaban J connectivity index is 2.70. The van der Waals surface area contributed by atoms with Gasteiger partial charge >= 0.3 is 5.97 Å². The molecule has 1 atom stereocenters. The minimum absolute atomic E-state index is 0.0938. The lowest BCUT2D eigenvalue weighted by molar-refractivity contribution is -0.143. The quantitative estimate of drug-likeness (QED) is 0.786. The molecule has 0 amide bonds. The van der Waals surface area contributed by atoms with E-state index in [2.05, 4.69) is 9.97 Å². The number of carboxylic acids is 1. The van der Waals surface area contributed by atoms with E-state index >= 15 is 0 Å². The van der Waals surface area contributed by atoms with Crippen LogP contribution in [0.3, 0.4) is 0 Å². The molecular weight excluding hydrogens is 180 g/mol. The first-order chi connectivity index (χ1) is 6.61. The number of aliphatic carboxylic acids is 1. The third-order valence-electron chi connectivity index (χ3n) is 2.14. The van der Waals surface area contributed by atoms with Gasteiger partial charge < -0.3 is 5.11 Å². The summed E-state index contributed by atoms with van der Waals surface area (Å²) in [5.41, 5.74) is 0. The van der Waals surface area contributed by atoms with Crippen molar-refractivity contribution < 1.29 is 9.90 Å². The average Bonchev–Trinajstić information content (AvgIpc) is 2.15. The van der Waals surface area contributed by atoms with Crippen LogP contribution in [0.2, 0.25) is 0 Å². The Bertz CT molecular complexity index is 298. The second-order valence-electron chi connectivity index (χ2n) is 3.56. The number of rotatable bonds is 4. The van der Waals surface area contributed by atoms with E-state index in [4.69, 9.17) is 5.11 Å². The van der Waals surface area contributed by atoms with E-state index in [1.165, 1.54) is 0 Å². The van der Waals surface area contributed by atoms with Gasteiger partial charge in [0.05, 0.1) is 5.92 Å². The molecule has 0 spiro atoms. The number of aromatic nitrogens is 2. The Labute approximate surface area is 83.0 Å². The van der Waals surface area contributed by atoms with Crippen LogP contribution in [0.5, 0.6) is 0 Å². The van der Waals surface area contributed by atoms with Crippen LogP contribution in [0.15, 0.2) is 18.5 Å². The number of carboxylic acid groups (broad SMARTS) is 1. The van der Waals surface area contributed by atoms with Gasteiger partial charge in [-0.2, -0.15) is 0 Å². The summed E-state index contributed by atoms with van der Waals surface area (Å²) in [6, 6.07) is 1.72. The SMILES string of the molecule is CC(C)C(Cc1ncccn1)C(=O)O. The predicted molar refractivity (Wildman–Crippen MR) is 51.7 cm³/mol. The van der Waals surface area contributed by atoms with E-state index in [-0.39, 0.29) is 5.92 Å². The second kappa shape index (κ2) is 4.69. The minimum atomic E-state index is -0.785. The fraction of sp³-hybridized carbons (Fsp3) is 0.500. The van der Waals surface area contributed by atoms with Gasteiger partial charge in [0.2, 0.25) is 0 Å². The second-order valence-corrected chi connectivity index (χ2v) is 3.56. The highest BCUT2D eigenvalue weighted by molar-refractivity contribution is 5.70. The normalized spacial score (nSPS) is 12.8. The third-order valence-corrected chi connectivity index (χ3v) is 2.14. The summed E-state index contributed by atoms with van der Waals surface area (Å²) in [5, 5.41) is 8.95. The standard InChI is InChI=1S/C10H14N2O2/c1-7(2)8(10(13)14)6-9-11-4-3-5-12-9/h3-5,7-8H,6H2,1-2H3,(H,13,14). The molecule has 1 rings (SSSR count). The summed E-state index contributed by atoms with van der Waals surface area (Å²) in [5.74, 6) is -0.505. The third kappa shape index (κ3) is 2.80. The number of nitrogens with zero attached hydrogens (tertiary/aromatic N) is 2. The predicted octanol–water partition coefficient (Wildman–Crippen LogP) is 1.38. The highest BCUT2D eigenvalue weighted by atomic mass is 16.4. The largest absolute Gasteiger partial charge is 0.481 e. The zero-order chi connectivity index (χ0) is 10.6. The molecule has 4 heteroatoms. The van der Waals surface area contributed by atoms with Crippen LogP contribution in [0, 0.1) is 11.8 Å². The van der Waals surface area contributed by atoms with Gasteiger partial charge in [0.1, 0.15) is 5.82 Å². The maximum Gasteiger partial charge on any atom is 0.307 e. The lowest BCUT2D eigenvalue weighted by atomic mass is 9.92. The molecule has 0 fully saturated rings. The summed E-state index contributed by atoms with van der Waals surface area (Å²) in [6.07, 6.45) is 3.65. The first-order valence-corrected chi connectivity index (χ1v) is 4.60. The molecule has 0 aliphatic carbocycles. The molecule has 1 unspecified atom stereocenters. The van der Waals surface area contributed by atoms with Gasteiger partial charge in [-0.25, -0.2) is 9.97 Å². The van der Waals surface area contributed by atoms with Crippen LogP contribution < -0.4 is 0 Å². The summed E-state index contributed by atoms with van der Waals surface area (Å²) < 4.78 is 0. The van der Waals surface area contributed by atoms with E-state index in [1.54, 1.807) is 18.5 Å². The molecule has 0 radical (unpaired) electrons. The van der Waals surface area contributed by atoms with Gasteiger partial charge in [-0.3, -0.25) is 4.79 Å². The van der Waals surface area contributed by atoms with Crippen molar-refractivity contribution in [2.75, 3.05) is 0 Å². The molecule has 1 heterocycles. The maximum atomic E-state index is 10.9. The van der Waals surface area contributed by atoms with Crippen molar-refractivity contribution in [1.29, 1.82) is 0 Å². The molecule has 0 bridgehead atoms. The maximum absolute atomic E-state index is 10.9. The van der Waals surface area contributed by atoms with Crippen molar-refractivity contribution in [2.45, 2.75) is 20.3 Å². The fourth-order valence-corrected chi connectivity index (χ4v) is 1.24. The Hall–Kier alpha value is -1.45. The van der Waals surface area contributed by atoms with Crippen LogP contribution in [0.4, 0.5) is 0 Å². The van der Waals surface area contributed by atoms with Gasteiger partial charge in [0, 0.05) is 18.8 Å². The molecule has 1 aromatic heterocycles. The highest BCUT2D eigenvalue weighted by Crippen LogP contribution is 2.14. The zero-order valence-electron chi connectivity index (χ0n) is 8.34. The van der Waals surface area contributed by atoms with E-state index in [0.29, 0.717) is 12.2 Å². The number of hydrogen-bond acceptors (Lipinski definition) is 3. The molecule has 0 aliphatic heterocycles. The number of hydrogen-bond donors (Lipinski definition) is 1. The Morgan fingerprint density at radius 1 is 1.43 bits per heavy atom.